The first-order chi connectivity index (χ1) is 12.1. The summed E-state index contributed by atoms with van der Waals surface area (Å²) in [5.41, 5.74) is 7.69. The third kappa shape index (κ3) is 3.76. The normalized spacial score (nSPS) is 16.0. The summed E-state index contributed by atoms with van der Waals surface area (Å²) in [7, 11) is 0. The Morgan fingerprint density at radius 2 is 1.52 bits per heavy atom. The van der Waals surface area contributed by atoms with Gasteiger partial charge in [-0.1, -0.05) is 42.5 Å². The first-order valence-corrected chi connectivity index (χ1v) is 8.08. The maximum atomic E-state index is 12.3. The van der Waals surface area contributed by atoms with Gasteiger partial charge in [0.1, 0.15) is 0 Å². The molecule has 6 nitrogen and oxygen atoms in total. The summed E-state index contributed by atoms with van der Waals surface area (Å²) in [6.07, 6.45) is -0.979. The largest absolute Gasteiger partial charge is 0.389 e. The molecule has 2 aromatic rings. The number of aliphatic hydroxyl groups excluding tert-OH is 1. The Bertz CT molecular complexity index is 728. The van der Waals surface area contributed by atoms with E-state index in [9.17, 15) is 14.7 Å². The molecule has 0 saturated carbocycles. The van der Waals surface area contributed by atoms with Gasteiger partial charge in [-0.3, -0.25) is 14.5 Å². The van der Waals surface area contributed by atoms with Crippen molar-refractivity contribution >= 4 is 11.8 Å². The van der Waals surface area contributed by atoms with E-state index in [0.29, 0.717) is 17.7 Å². The molecular formula is C19H20N2O4. The van der Waals surface area contributed by atoms with Crippen molar-refractivity contribution in [3.8, 4) is 0 Å². The van der Waals surface area contributed by atoms with Gasteiger partial charge in [-0.25, -0.2) is 0 Å². The number of carbonyl (C=O) groups is 2. The van der Waals surface area contributed by atoms with E-state index in [1.54, 1.807) is 24.3 Å². The molecule has 2 unspecified atom stereocenters. The van der Waals surface area contributed by atoms with Crippen LogP contribution in [0.15, 0.2) is 54.6 Å². The van der Waals surface area contributed by atoms with Gasteiger partial charge < -0.3 is 15.6 Å². The Balaban J connectivity index is 1.53. The first-order valence-electron chi connectivity index (χ1n) is 8.08. The van der Waals surface area contributed by atoms with E-state index in [2.05, 4.69) is 0 Å². The van der Waals surface area contributed by atoms with Gasteiger partial charge in [-0.2, -0.15) is 0 Å². The van der Waals surface area contributed by atoms with E-state index >= 15 is 0 Å². The van der Waals surface area contributed by atoms with Gasteiger partial charge in [-0.15, -0.1) is 0 Å². The Kier molecular flexibility index (Phi) is 5.23. The van der Waals surface area contributed by atoms with E-state index in [4.69, 9.17) is 10.5 Å². The fourth-order valence-corrected chi connectivity index (χ4v) is 2.73. The van der Waals surface area contributed by atoms with Gasteiger partial charge in [0, 0.05) is 6.54 Å². The number of nitrogens with zero attached hydrogens (tertiary/aromatic N) is 1. The number of carbonyl (C=O) groups excluding carboxylic acids is 2. The van der Waals surface area contributed by atoms with Crippen LogP contribution in [0.1, 0.15) is 26.3 Å². The molecule has 0 fully saturated rings. The molecule has 0 spiro atoms. The second-order valence-corrected chi connectivity index (χ2v) is 6.00. The van der Waals surface area contributed by atoms with E-state index in [-0.39, 0.29) is 25.0 Å². The standard InChI is InChI=1S/C19H20N2O4/c20-16(17(22)12-25-11-13-6-2-1-3-7-13)10-21-18(23)14-8-4-5-9-15(14)19(21)24/h1-9,16-17,22H,10-12,20H2. The smallest absolute Gasteiger partial charge is 0.261 e. The minimum atomic E-state index is -0.979. The molecular weight excluding hydrogens is 320 g/mol. The number of rotatable bonds is 7. The summed E-state index contributed by atoms with van der Waals surface area (Å²) in [6.45, 7) is 0.332. The Morgan fingerprint density at radius 1 is 0.960 bits per heavy atom. The molecule has 3 N–H and O–H groups in total. The maximum Gasteiger partial charge on any atom is 0.261 e. The van der Waals surface area contributed by atoms with Crippen molar-refractivity contribution < 1.29 is 19.4 Å². The molecule has 2 amide bonds. The third-order valence-corrected chi connectivity index (χ3v) is 4.17. The lowest BCUT2D eigenvalue weighted by Gasteiger charge is -2.23. The average molecular weight is 340 g/mol. The average Bonchev–Trinajstić information content (AvgIpc) is 2.88. The zero-order valence-electron chi connectivity index (χ0n) is 13.7. The lowest BCUT2D eigenvalue weighted by atomic mass is 10.1. The van der Waals surface area contributed by atoms with Gasteiger partial charge >= 0.3 is 0 Å². The highest BCUT2D eigenvalue weighted by Gasteiger charge is 2.36. The summed E-state index contributed by atoms with van der Waals surface area (Å²) in [5.74, 6) is -0.762. The summed E-state index contributed by atoms with van der Waals surface area (Å²) >= 11 is 0. The molecule has 0 radical (unpaired) electrons. The number of benzene rings is 2. The van der Waals surface area contributed by atoms with Crippen LogP contribution in [-0.4, -0.2) is 47.1 Å². The molecule has 130 valence electrons. The van der Waals surface area contributed by atoms with E-state index in [1.807, 2.05) is 30.3 Å². The van der Waals surface area contributed by atoms with Gasteiger partial charge in [0.2, 0.25) is 0 Å². The topological polar surface area (TPSA) is 92.9 Å². The molecule has 0 aromatic heterocycles. The van der Waals surface area contributed by atoms with Gasteiger partial charge in [0.25, 0.3) is 11.8 Å². The second-order valence-electron chi connectivity index (χ2n) is 6.00. The lowest BCUT2D eigenvalue weighted by Crippen LogP contribution is -2.48. The monoisotopic (exact) mass is 340 g/mol. The number of amides is 2. The number of fused-ring (bicyclic) bond motifs is 1. The van der Waals surface area contributed by atoms with Crippen LogP contribution in [0.4, 0.5) is 0 Å². The van der Waals surface area contributed by atoms with Gasteiger partial charge in [0.05, 0.1) is 36.5 Å². The van der Waals surface area contributed by atoms with Crippen molar-refractivity contribution in [3.05, 3.63) is 71.3 Å². The van der Waals surface area contributed by atoms with E-state index < -0.39 is 12.1 Å². The summed E-state index contributed by atoms with van der Waals surface area (Å²) in [4.78, 5) is 25.7. The first kappa shape index (κ1) is 17.3. The minimum Gasteiger partial charge on any atom is -0.389 e. The van der Waals surface area contributed by atoms with Crippen molar-refractivity contribution in [1.82, 2.24) is 4.90 Å². The predicted molar refractivity (Wildman–Crippen MR) is 91.9 cm³/mol. The van der Waals surface area contributed by atoms with Crippen molar-refractivity contribution in [2.24, 2.45) is 5.73 Å². The molecule has 2 aromatic carbocycles. The molecule has 25 heavy (non-hydrogen) atoms. The molecule has 6 heteroatoms. The van der Waals surface area contributed by atoms with Crippen molar-refractivity contribution in [1.29, 1.82) is 0 Å². The van der Waals surface area contributed by atoms with Crippen LogP contribution < -0.4 is 5.73 Å². The van der Waals surface area contributed by atoms with Crippen LogP contribution in [0.2, 0.25) is 0 Å². The summed E-state index contributed by atoms with van der Waals surface area (Å²) < 4.78 is 5.46. The van der Waals surface area contributed by atoms with E-state index in [0.717, 1.165) is 10.5 Å². The molecule has 3 rings (SSSR count). The molecule has 1 aliphatic heterocycles. The van der Waals surface area contributed by atoms with Crippen LogP contribution >= 0.6 is 0 Å². The van der Waals surface area contributed by atoms with E-state index in [1.165, 1.54) is 0 Å². The van der Waals surface area contributed by atoms with Crippen LogP contribution in [0.5, 0.6) is 0 Å². The zero-order chi connectivity index (χ0) is 17.8. The number of nitrogens with two attached hydrogens (primary N) is 1. The number of imide groups is 1. The lowest BCUT2D eigenvalue weighted by molar-refractivity contribution is 0.0107. The highest BCUT2D eigenvalue weighted by atomic mass is 16.5. The molecule has 2 atom stereocenters. The zero-order valence-corrected chi connectivity index (χ0v) is 13.7. The number of aliphatic hydroxyl groups is 1. The second kappa shape index (κ2) is 7.57. The minimum absolute atomic E-state index is 0.0270. The van der Waals surface area contributed by atoms with Crippen LogP contribution in [0, 0.1) is 0 Å². The SMILES string of the molecule is NC(CN1C(=O)c2ccccc2C1=O)C(O)COCc1ccccc1. The Labute approximate surface area is 145 Å². The molecule has 0 saturated heterocycles. The Hall–Kier alpha value is -2.54. The van der Waals surface area contributed by atoms with Crippen molar-refractivity contribution in [2.75, 3.05) is 13.2 Å². The number of hydrogen-bond donors (Lipinski definition) is 2. The fourth-order valence-electron chi connectivity index (χ4n) is 2.73. The summed E-state index contributed by atoms with van der Waals surface area (Å²) in [6, 6.07) is 15.4. The number of ether oxygens (including phenoxy) is 1. The van der Waals surface area contributed by atoms with Gasteiger partial charge in [-0.05, 0) is 17.7 Å². The molecule has 1 heterocycles. The molecule has 1 aliphatic rings. The third-order valence-electron chi connectivity index (χ3n) is 4.17. The van der Waals surface area contributed by atoms with Crippen LogP contribution in [0.25, 0.3) is 0 Å². The maximum absolute atomic E-state index is 12.3. The van der Waals surface area contributed by atoms with Crippen LogP contribution in [0.3, 0.4) is 0 Å². The molecule has 0 bridgehead atoms. The fraction of sp³-hybridized carbons (Fsp3) is 0.263. The number of hydrogen-bond acceptors (Lipinski definition) is 5. The van der Waals surface area contributed by atoms with Gasteiger partial charge in [0.15, 0.2) is 0 Å². The Morgan fingerprint density at radius 3 is 2.12 bits per heavy atom. The summed E-state index contributed by atoms with van der Waals surface area (Å²) in [5, 5.41) is 10.1. The van der Waals surface area contributed by atoms with Crippen molar-refractivity contribution in [2.45, 2.75) is 18.8 Å². The van der Waals surface area contributed by atoms with Crippen molar-refractivity contribution in [3.63, 3.8) is 0 Å². The van der Waals surface area contributed by atoms with Crippen LogP contribution in [-0.2, 0) is 11.3 Å². The quantitative estimate of drug-likeness (QED) is 0.739. The molecule has 0 aliphatic carbocycles. The predicted octanol–water partition coefficient (Wildman–Crippen LogP) is 1.19. The highest BCUT2D eigenvalue weighted by Crippen LogP contribution is 2.22. The highest BCUT2D eigenvalue weighted by molar-refractivity contribution is 6.21.